The zero-order valence-electron chi connectivity index (χ0n) is 5.42. The molecule has 0 amide bonds. The summed E-state index contributed by atoms with van der Waals surface area (Å²) in [5.41, 5.74) is 7.37. The quantitative estimate of drug-likeness (QED) is 0.142. The number of nitrogens with zero attached hydrogens (tertiary/aromatic N) is 1. The number of hydrogen-bond acceptors (Lipinski definition) is 3. The van der Waals surface area contributed by atoms with Crippen LogP contribution in [-0.4, -0.2) is 26.2 Å². The molecule has 0 bridgehead atoms. The summed E-state index contributed by atoms with van der Waals surface area (Å²) >= 11 is 0. The van der Waals surface area contributed by atoms with Gasteiger partial charge in [0.15, 0.2) is 0 Å². The molecule has 0 aliphatic heterocycles. The minimum Gasteiger partial charge on any atom is -0.383 e. The maximum absolute atomic E-state index is 5.17. The number of methoxy groups -OCH3 is 1. The van der Waals surface area contributed by atoms with Gasteiger partial charge in [-0.1, -0.05) is 0 Å². The summed E-state index contributed by atoms with van der Waals surface area (Å²) in [5.74, 6) is 5.14. The first-order valence-corrected chi connectivity index (χ1v) is 2.56. The van der Waals surface area contributed by atoms with Crippen molar-refractivity contribution >= 4 is 5.96 Å². The summed E-state index contributed by atoms with van der Waals surface area (Å²) in [6.45, 7) is 1.09. The number of nitrogens with two attached hydrogens (primary N) is 2. The van der Waals surface area contributed by atoms with E-state index in [0.717, 1.165) is 0 Å². The summed E-state index contributed by atoms with van der Waals surface area (Å²) in [7, 11) is 1.60. The fourth-order valence-electron chi connectivity index (χ4n) is 0.303. The lowest BCUT2D eigenvalue weighted by atomic mass is 10.7. The van der Waals surface area contributed by atoms with Crippen molar-refractivity contribution in [3.05, 3.63) is 0 Å². The van der Waals surface area contributed by atoms with Crippen molar-refractivity contribution in [2.24, 2.45) is 16.6 Å². The minimum absolute atomic E-state index is 0.229. The molecule has 0 saturated carbocycles. The first kappa shape index (κ1) is 8.19. The standard InChI is InChI=1S/C4H12N4O/c1-9-3-2-7-4(5)8-6/h2-3,6H2,1H3,(H3,5,7,8). The molecule has 5 heteroatoms. The van der Waals surface area contributed by atoms with Crippen LogP contribution >= 0.6 is 0 Å². The van der Waals surface area contributed by atoms with Crippen molar-refractivity contribution < 1.29 is 4.74 Å². The molecule has 54 valence electrons. The van der Waals surface area contributed by atoms with E-state index < -0.39 is 0 Å². The number of guanidine groups is 1. The third-order valence-electron chi connectivity index (χ3n) is 0.725. The molecule has 5 N–H and O–H groups in total. The number of hydrazine groups is 1. The van der Waals surface area contributed by atoms with E-state index in [2.05, 4.69) is 10.4 Å². The summed E-state index contributed by atoms with van der Waals surface area (Å²) in [5, 5.41) is 0. The zero-order valence-corrected chi connectivity index (χ0v) is 5.42. The highest BCUT2D eigenvalue weighted by molar-refractivity contribution is 5.77. The fourth-order valence-corrected chi connectivity index (χ4v) is 0.303. The molecule has 0 aromatic heterocycles. The monoisotopic (exact) mass is 132 g/mol. The molecule has 0 aromatic rings. The Kier molecular flexibility index (Phi) is 4.85. The molecule has 0 aromatic carbocycles. The Bertz CT molecular complexity index is 92.6. The lowest BCUT2D eigenvalue weighted by molar-refractivity contribution is 0.208. The molecule has 0 saturated heterocycles. The van der Waals surface area contributed by atoms with Crippen LogP contribution < -0.4 is 17.0 Å². The van der Waals surface area contributed by atoms with Gasteiger partial charge in [-0.15, -0.1) is 0 Å². The van der Waals surface area contributed by atoms with E-state index in [-0.39, 0.29) is 5.96 Å². The Morgan fingerprint density at radius 2 is 2.44 bits per heavy atom. The normalized spacial score (nSPS) is 11.6. The number of ether oxygens (including phenoxy) is 1. The molecule has 0 rings (SSSR count). The van der Waals surface area contributed by atoms with E-state index in [1.54, 1.807) is 7.11 Å². The van der Waals surface area contributed by atoms with Gasteiger partial charge in [-0.2, -0.15) is 0 Å². The number of hydrogen-bond donors (Lipinski definition) is 3. The van der Waals surface area contributed by atoms with Crippen LogP contribution in [-0.2, 0) is 4.74 Å². The van der Waals surface area contributed by atoms with Gasteiger partial charge in [0.2, 0.25) is 5.96 Å². The Hall–Kier alpha value is -0.810. The SMILES string of the molecule is COCCN=C(N)NN. The zero-order chi connectivity index (χ0) is 7.11. The first-order valence-electron chi connectivity index (χ1n) is 2.56. The highest BCUT2D eigenvalue weighted by Crippen LogP contribution is 1.69. The minimum atomic E-state index is 0.229. The number of nitrogens with one attached hydrogen (secondary N) is 1. The summed E-state index contributed by atoms with van der Waals surface area (Å²) in [6.07, 6.45) is 0. The molecule has 0 radical (unpaired) electrons. The van der Waals surface area contributed by atoms with Gasteiger partial charge in [0.05, 0.1) is 13.2 Å². The lowest BCUT2D eigenvalue weighted by Gasteiger charge is -1.96. The van der Waals surface area contributed by atoms with Gasteiger partial charge in [0.25, 0.3) is 0 Å². The molecule has 0 atom stereocenters. The third-order valence-corrected chi connectivity index (χ3v) is 0.725. The second-order valence-corrected chi connectivity index (χ2v) is 1.40. The van der Waals surface area contributed by atoms with Gasteiger partial charge < -0.3 is 10.5 Å². The smallest absolute Gasteiger partial charge is 0.203 e. The van der Waals surface area contributed by atoms with Crippen LogP contribution in [0, 0.1) is 0 Å². The van der Waals surface area contributed by atoms with E-state index in [1.807, 2.05) is 0 Å². The van der Waals surface area contributed by atoms with Gasteiger partial charge in [0, 0.05) is 7.11 Å². The Morgan fingerprint density at radius 1 is 1.78 bits per heavy atom. The molecule has 0 aliphatic carbocycles. The van der Waals surface area contributed by atoms with Crippen LogP contribution in [0.1, 0.15) is 0 Å². The van der Waals surface area contributed by atoms with Gasteiger partial charge in [-0.25, -0.2) is 10.8 Å². The van der Waals surface area contributed by atoms with E-state index >= 15 is 0 Å². The molecule has 5 nitrogen and oxygen atoms in total. The molecule has 0 spiro atoms. The molecular formula is C4H12N4O. The van der Waals surface area contributed by atoms with E-state index in [0.29, 0.717) is 13.2 Å². The molecular weight excluding hydrogens is 120 g/mol. The van der Waals surface area contributed by atoms with E-state index in [4.69, 9.17) is 16.3 Å². The van der Waals surface area contributed by atoms with Crippen LogP contribution in [0.15, 0.2) is 4.99 Å². The molecule has 0 unspecified atom stereocenters. The molecule has 0 heterocycles. The van der Waals surface area contributed by atoms with Crippen molar-refractivity contribution in [1.29, 1.82) is 0 Å². The number of aliphatic imine (C=N–C) groups is 1. The van der Waals surface area contributed by atoms with E-state index in [9.17, 15) is 0 Å². The predicted molar refractivity (Wildman–Crippen MR) is 35.7 cm³/mol. The topological polar surface area (TPSA) is 85.7 Å². The van der Waals surface area contributed by atoms with Crippen LogP contribution in [0.3, 0.4) is 0 Å². The second kappa shape index (κ2) is 5.33. The van der Waals surface area contributed by atoms with Gasteiger partial charge in [-0.05, 0) is 0 Å². The van der Waals surface area contributed by atoms with Crippen molar-refractivity contribution in [3.8, 4) is 0 Å². The first-order chi connectivity index (χ1) is 4.31. The summed E-state index contributed by atoms with van der Waals surface area (Å²) < 4.78 is 4.71. The maximum Gasteiger partial charge on any atom is 0.203 e. The fraction of sp³-hybridized carbons (Fsp3) is 0.750. The third kappa shape index (κ3) is 5.05. The van der Waals surface area contributed by atoms with Crippen LogP contribution in [0.2, 0.25) is 0 Å². The highest BCUT2D eigenvalue weighted by Gasteiger charge is 1.82. The highest BCUT2D eigenvalue weighted by atomic mass is 16.5. The van der Waals surface area contributed by atoms with Crippen LogP contribution in [0.25, 0.3) is 0 Å². The molecule has 0 aliphatic rings. The summed E-state index contributed by atoms with van der Waals surface area (Å²) in [6, 6.07) is 0. The van der Waals surface area contributed by atoms with Gasteiger partial charge in [0.1, 0.15) is 0 Å². The van der Waals surface area contributed by atoms with Crippen molar-refractivity contribution in [2.75, 3.05) is 20.3 Å². The number of rotatable bonds is 3. The Balaban J connectivity index is 3.21. The summed E-state index contributed by atoms with van der Waals surface area (Å²) in [4.78, 5) is 3.77. The van der Waals surface area contributed by atoms with Crippen LogP contribution in [0.4, 0.5) is 0 Å². The van der Waals surface area contributed by atoms with Gasteiger partial charge >= 0.3 is 0 Å². The molecule has 9 heavy (non-hydrogen) atoms. The van der Waals surface area contributed by atoms with Crippen molar-refractivity contribution in [2.45, 2.75) is 0 Å². The van der Waals surface area contributed by atoms with Gasteiger partial charge in [-0.3, -0.25) is 5.43 Å². The average molecular weight is 132 g/mol. The largest absolute Gasteiger partial charge is 0.383 e. The Labute approximate surface area is 54.0 Å². The second-order valence-electron chi connectivity index (χ2n) is 1.40. The maximum atomic E-state index is 5.17. The Morgan fingerprint density at radius 3 is 2.89 bits per heavy atom. The van der Waals surface area contributed by atoms with E-state index in [1.165, 1.54) is 0 Å². The van der Waals surface area contributed by atoms with Crippen LogP contribution in [0.5, 0.6) is 0 Å². The predicted octanol–water partition coefficient (Wildman–Crippen LogP) is -1.59. The lowest BCUT2D eigenvalue weighted by Crippen LogP contribution is -2.37. The molecule has 0 fully saturated rings. The average Bonchev–Trinajstić information content (AvgIpc) is 1.89. The van der Waals surface area contributed by atoms with Crippen molar-refractivity contribution in [3.63, 3.8) is 0 Å². The van der Waals surface area contributed by atoms with Crippen molar-refractivity contribution in [1.82, 2.24) is 5.43 Å².